The molecule has 1 saturated heterocycles. The summed E-state index contributed by atoms with van der Waals surface area (Å²) in [5, 5.41) is 3.98. The number of halogens is 2. The Hall–Kier alpha value is -2.75. The third-order valence-electron chi connectivity index (χ3n) is 4.90. The molecule has 0 atom stereocenters. The predicted molar refractivity (Wildman–Crippen MR) is 110 cm³/mol. The highest BCUT2D eigenvalue weighted by Crippen LogP contribution is 2.23. The number of carbonyl (C=O) groups is 1. The maximum absolute atomic E-state index is 13.3. The molecule has 0 unspecified atom stereocenters. The Morgan fingerprint density at radius 1 is 1.03 bits per heavy atom. The number of sulfonamides is 1. The Labute approximate surface area is 178 Å². The van der Waals surface area contributed by atoms with E-state index in [9.17, 15) is 17.6 Å². The number of amides is 1. The second-order valence-electron chi connectivity index (χ2n) is 6.78. The van der Waals surface area contributed by atoms with Crippen molar-refractivity contribution < 1.29 is 17.6 Å². The summed E-state index contributed by atoms with van der Waals surface area (Å²) in [6.45, 7) is 0.749. The highest BCUT2D eigenvalue weighted by molar-refractivity contribution is 7.89. The van der Waals surface area contributed by atoms with E-state index in [1.54, 1.807) is 15.8 Å². The normalized spacial score (nSPS) is 15.3. The summed E-state index contributed by atoms with van der Waals surface area (Å²) in [4.78, 5) is 14.3. The van der Waals surface area contributed by atoms with Crippen LogP contribution in [0.5, 0.6) is 0 Å². The van der Waals surface area contributed by atoms with Gasteiger partial charge < -0.3 is 4.90 Å². The first kappa shape index (κ1) is 20.5. The van der Waals surface area contributed by atoms with Crippen LogP contribution < -0.4 is 0 Å². The Morgan fingerprint density at radius 2 is 1.73 bits per heavy atom. The Bertz CT molecular complexity index is 1180. The average Bonchev–Trinajstić information content (AvgIpc) is 3.26. The minimum Gasteiger partial charge on any atom is -0.336 e. The van der Waals surface area contributed by atoms with Gasteiger partial charge in [-0.1, -0.05) is 29.8 Å². The molecular weight excluding hydrogens is 431 g/mol. The molecule has 156 valence electrons. The van der Waals surface area contributed by atoms with Crippen LogP contribution in [-0.4, -0.2) is 59.5 Å². The maximum atomic E-state index is 13.3. The fourth-order valence-electron chi connectivity index (χ4n) is 3.26. The number of benzene rings is 2. The predicted octanol–water partition coefficient (Wildman–Crippen LogP) is 2.81. The number of hydrogen-bond acceptors (Lipinski definition) is 4. The molecule has 7 nitrogen and oxygen atoms in total. The van der Waals surface area contributed by atoms with Gasteiger partial charge >= 0.3 is 0 Å². The molecule has 0 aliphatic carbocycles. The molecule has 0 radical (unpaired) electrons. The number of para-hydroxylation sites is 1. The molecule has 1 aromatic heterocycles. The molecule has 4 rings (SSSR count). The first-order valence-electron chi connectivity index (χ1n) is 9.21. The molecule has 2 aromatic carbocycles. The van der Waals surface area contributed by atoms with Crippen LogP contribution in [-0.2, 0) is 10.0 Å². The average molecular weight is 449 g/mol. The smallest absolute Gasteiger partial charge is 0.257 e. The molecule has 0 saturated carbocycles. The van der Waals surface area contributed by atoms with Crippen molar-refractivity contribution >= 4 is 27.5 Å². The highest BCUT2D eigenvalue weighted by atomic mass is 35.5. The van der Waals surface area contributed by atoms with Crippen LogP contribution in [0.15, 0.2) is 65.8 Å². The van der Waals surface area contributed by atoms with Crippen molar-refractivity contribution in [3.8, 4) is 5.69 Å². The fraction of sp³-hybridized carbons (Fsp3) is 0.200. The van der Waals surface area contributed by atoms with Gasteiger partial charge in [0.25, 0.3) is 5.91 Å². The van der Waals surface area contributed by atoms with E-state index in [1.165, 1.54) is 16.6 Å². The van der Waals surface area contributed by atoms with Gasteiger partial charge in [0.1, 0.15) is 5.82 Å². The molecule has 30 heavy (non-hydrogen) atoms. The van der Waals surface area contributed by atoms with Crippen molar-refractivity contribution in [3.63, 3.8) is 0 Å². The lowest BCUT2D eigenvalue weighted by Crippen LogP contribution is -2.50. The van der Waals surface area contributed by atoms with Crippen LogP contribution in [0.1, 0.15) is 10.4 Å². The minimum atomic E-state index is -3.82. The lowest BCUT2D eigenvalue weighted by molar-refractivity contribution is 0.0698. The third-order valence-corrected chi connectivity index (χ3v) is 7.09. The number of aromatic nitrogens is 2. The van der Waals surface area contributed by atoms with Crippen molar-refractivity contribution in [1.82, 2.24) is 19.0 Å². The number of hydrogen-bond donors (Lipinski definition) is 0. The van der Waals surface area contributed by atoms with Gasteiger partial charge in [-0.05, 0) is 30.3 Å². The molecule has 0 bridgehead atoms. The zero-order chi connectivity index (χ0) is 21.3. The minimum absolute atomic E-state index is 0.0715. The van der Waals surface area contributed by atoms with Crippen LogP contribution in [0.4, 0.5) is 4.39 Å². The van der Waals surface area contributed by atoms with E-state index < -0.39 is 15.8 Å². The van der Waals surface area contributed by atoms with Crippen LogP contribution in [0.25, 0.3) is 5.69 Å². The Morgan fingerprint density at radius 3 is 2.40 bits per heavy atom. The zero-order valence-corrected chi connectivity index (χ0v) is 17.4. The number of nitrogens with zero attached hydrogens (tertiary/aromatic N) is 4. The molecule has 1 aliphatic heterocycles. The fourth-order valence-corrected chi connectivity index (χ4v) is 4.95. The SMILES string of the molecule is O=C(c1cnn(-c2ccccc2)c1)N1CCN(S(=O)(=O)c2ccc(F)c(Cl)c2)CC1. The molecule has 2 heterocycles. The van der Waals surface area contributed by atoms with Crippen molar-refractivity contribution in [2.75, 3.05) is 26.2 Å². The topological polar surface area (TPSA) is 75.5 Å². The molecule has 1 amide bonds. The lowest BCUT2D eigenvalue weighted by atomic mass is 10.2. The maximum Gasteiger partial charge on any atom is 0.257 e. The molecule has 10 heteroatoms. The summed E-state index contributed by atoms with van der Waals surface area (Å²) >= 11 is 5.72. The van der Waals surface area contributed by atoms with E-state index >= 15 is 0 Å². The van der Waals surface area contributed by atoms with E-state index in [-0.39, 0.29) is 42.0 Å². The largest absolute Gasteiger partial charge is 0.336 e. The third kappa shape index (κ3) is 3.96. The molecule has 0 N–H and O–H groups in total. The van der Waals surface area contributed by atoms with Crippen LogP contribution >= 0.6 is 11.6 Å². The van der Waals surface area contributed by atoms with Gasteiger partial charge in [0.15, 0.2) is 0 Å². The molecule has 1 fully saturated rings. The molecule has 0 spiro atoms. The van der Waals surface area contributed by atoms with Crippen LogP contribution in [0, 0.1) is 5.82 Å². The number of rotatable bonds is 4. The molecule has 1 aliphatic rings. The van der Waals surface area contributed by atoms with Gasteiger partial charge in [-0.15, -0.1) is 0 Å². The van der Waals surface area contributed by atoms with Crippen LogP contribution in [0.3, 0.4) is 0 Å². The number of carbonyl (C=O) groups excluding carboxylic acids is 1. The summed E-state index contributed by atoms with van der Waals surface area (Å²) in [6.07, 6.45) is 3.15. The van der Waals surface area contributed by atoms with Gasteiger partial charge in [0, 0.05) is 32.4 Å². The standard InChI is InChI=1S/C20H18ClFN4O3S/c21-18-12-17(6-7-19(18)22)30(28,29)25-10-8-24(9-11-25)20(27)15-13-23-26(14-15)16-4-2-1-3-5-16/h1-7,12-14H,8-11H2. The van der Waals surface area contributed by atoms with E-state index in [2.05, 4.69) is 5.10 Å². The summed E-state index contributed by atoms with van der Waals surface area (Å²) in [7, 11) is -3.82. The molecular formula is C20H18ClFN4O3S. The van der Waals surface area contributed by atoms with E-state index in [0.717, 1.165) is 17.8 Å². The van der Waals surface area contributed by atoms with Gasteiger partial charge in [0.05, 0.1) is 27.4 Å². The van der Waals surface area contributed by atoms with Crippen molar-refractivity contribution in [3.05, 3.63) is 77.3 Å². The first-order chi connectivity index (χ1) is 14.4. The van der Waals surface area contributed by atoms with Gasteiger partial charge in [0.2, 0.25) is 10.0 Å². The van der Waals surface area contributed by atoms with Gasteiger partial charge in [-0.25, -0.2) is 17.5 Å². The highest BCUT2D eigenvalue weighted by Gasteiger charge is 2.31. The van der Waals surface area contributed by atoms with Crippen LogP contribution in [0.2, 0.25) is 5.02 Å². The lowest BCUT2D eigenvalue weighted by Gasteiger charge is -2.33. The van der Waals surface area contributed by atoms with Gasteiger partial charge in [-0.3, -0.25) is 4.79 Å². The summed E-state index contributed by atoms with van der Waals surface area (Å²) in [5.41, 5.74) is 1.27. The zero-order valence-electron chi connectivity index (χ0n) is 15.8. The second kappa shape index (κ2) is 8.17. The summed E-state index contributed by atoms with van der Waals surface area (Å²) < 4.78 is 41.8. The first-order valence-corrected chi connectivity index (χ1v) is 11.0. The number of piperazine rings is 1. The monoisotopic (exact) mass is 448 g/mol. The molecule has 3 aromatic rings. The van der Waals surface area contributed by atoms with E-state index in [4.69, 9.17) is 11.6 Å². The van der Waals surface area contributed by atoms with Gasteiger partial charge in [-0.2, -0.15) is 9.40 Å². The van der Waals surface area contributed by atoms with Crippen molar-refractivity contribution in [2.45, 2.75) is 4.90 Å². The summed E-state index contributed by atoms with van der Waals surface area (Å²) in [6, 6.07) is 12.7. The summed E-state index contributed by atoms with van der Waals surface area (Å²) in [5.74, 6) is -0.888. The van der Waals surface area contributed by atoms with Crippen molar-refractivity contribution in [2.24, 2.45) is 0 Å². The second-order valence-corrected chi connectivity index (χ2v) is 9.13. The van der Waals surface area contributed by atoms with E-state index in [1.807, 2.05) is 30.3 Å². The Balaban J connectivity index is 1.43. The van der Waals surface area contributed by atoms with Crippen molar-refractivity contribution in [1.29, 1.82) is 0 Å². The van der Waals surface area contributed by atoms with E-state index in [0.29, 0.717) is 5.56 Å². The Kier molecular flexibility index (Phi) is 5.59. The quantitative estimate of drug-likeness (QED) is 0.615.